The second kappa shape index (κ2) is 6.94. The largest absolute Gasteiger partial charge is 0.500 e. The first-order valence-corrected chi connectivity index (χ1v) is 7.68. The first-order valence-electron chi connectivity index (χ1n) is 5.75. The van der Waals surface area contributed by atoms with Crippen LogP contribution in [0.3, 0.4) is 0 Å². The fourth-order valence-electron chi connectivity index (χ4n) is 1.71. The van der Waals surface area contributed by atoms with Crippen LogP contribution in [0.5, 0.6) is 0 Å². The van der Waals surface area contributed by atoms with Crippen LogP contribution in [0.1, 0.15) is 12.5 Å². The van der Waals surface area contributed by atoms with Crippen molar-refractivity contribution in [2.24, 2.45) is 0 Å². The predicted octanol–water partition coefficient (Wildman–Crippen LogP) is 2.78. The second-order valence-electron chi connectivity index (χ2n) is 3.76. The van der Waals surface area contributed by atoms with E-state index in [0.29, 0.717) is 24.6 Å². The van der Waals surface area contributed by atoms with Gasteiger partial charge in [-0.2, -0.15) is 0 Å². The Morgan fingerprint density at radius 1 is 1.17 bits per heavy atom. The van der Waals surface area contributed by atoms with Gasteiger partial charge in [0.15, 0.2) is 0 Å². The molecule has 0 heterocycles. The summed E-state index contributed by atoms with van der Waals surface area (Å²) in [6.07, 6.45) is 0.389. The Morgan fingerprint density at radius 3 is 2.33 bits per heavy atom. The number of hydrogen-bond donors (Lipinski definition) is 0. The lowest BCUT2D eigenvalue weighted by molar-refractivity contribution is 0.104. The van der Waals surface area contributed by atoms with E-state index in [2.05, 4.69) is 0 Å². The normalized spacial score (nSPS) is 11.8. The summed E-state index contributed by atoms with van der Waals surface area (Å²) < 4.78 is 42.4. The zero-order valence-electron chi connectivity index (χ0n) is 10.8. The lowest BCUT2D eigenvalue weighted by Gasteiger charge is -2.25. The van der Waals surface area contributed by atoms with Gasteiger partial charge in [0.2, 0.25) is 0 Å². The highest BCUT2D eigenvalue weighted by Gasteiger charge is 2.38. The minimum Gasteiger partial charge on any atom is -0.377 e. The summed E-state index contributed by atoms with van der Waals surface area (Å²) in [6.45, 7) is 2.32. The van der Waals surface area contributed by atoms with E-state index in [1.165, 1.54) is 26.4 Å². The first kappa shape index (κ1) is 15.2. The molecule has 0 fully saturated rings. The highest BCUT2D eigenvalue weighted by molar-refractivity contribution is 6.60. The van der Waals surface area contributed by atoms with E-state index in [1.807, 2.05) is 6.92 Å². The van der Waals surface area contributed by atoms with Gasteiger partial charge < -0.3 is 13.3 Å². The summed E-state index contributed by atoms with van der Waals surface area (Å²) >= 11 is 0. The molecule has 102 valence electrons. The van der Waals surface area contributed by atoms with E-state index >= 15 is 0 Å². The quantitative estimate of drug-likeness (QED) is 0.717. The molecule has 18 heavy (non-hydrogen) atoms. The van der Waals surface area contributed by atoms with Gasteiger partial charge in [0.1, 0.15) is 11.6 Å². The summed E-state index contributed by atoms with van der Waals surface area (Å²) in [4.78, 5) is 0. The highest BCUT2D eigenvalue weighted by atomic mass is 28.4. The lowest BCUT2D eigenvalue weighted by Crippen LogP contribution is -2.44. The third kappa shape index (κ3) is 3.84. The van der Waals surface area contributed by atoms with Crippen LogP contribution >= 0.6 is 0 Å². The van der Waals surface area contributed by atoms with Crippen LogP contribution in [-0.2, 0) is 19.7 Å². The fourth-order valence-corrected chi connectivity index (χ4v) is 3.68. The Morgan fingerprint density at radius 2 is 1.83 bits per heavy atom. The maximum absolute atomic E-state index is 13.5. The van der Waals surface area contributed by atoms with Crippen LogP contribution < -0.4 is 0 Å². The van der Waals surface area contributed by atoms with Crippen molar-refractivity contribution in [3.8, 4) is 0 Å². The van der Waals surface area contributed by atoms with Gasteiger partial charge in [0.25, 0.3) is 0 Å². The van der Waals surface area contributed by atoms with Crippen LogP contribution in [0, 0.1) is 11.6 Å². The molecule has 1 rings (SSSR count). The molecule has 0 aliphatic heterocycles. The molecular formula is C12H18F2O3Si. The Balaban J connectivity index is 2.72. The molecule has 0 radical (unpaired) electrons. The van der Waals surface area contributed by atoms with Crippen molar-refractivity contribution in [1.82, 2.24) is 0 Å². The average Bonchev–Trinajstić information content (AvgIpc) is 2.36. The smallest absolute Gasteiger partial charge is 0.377 e. The third-order valence-corrected chi connectivity index (χ3v) is 5.54. The molecule has 6 heteroatoms. The van der Waals surface area contributed by atoms with E-state index in [1.54, 1.807) is 0 Å². The van der Waals surface area contributed by atoms with Gasteiger partial charge in [-0.1, -0.05) is 6.07 Å². The average molecular weight is 276 g/mol. The Bertz CT molecular complexity index is 384. The molecule has 0 bridgehead atoms. The molecule has 0 aliphatic rings. The van der Waals surface area contributed by atoms with E-state index < -0.39 is 20.4 Å². The molecule has 0 saturated carbocycles. The van der Waals surface area contributed by atoms with Gasteiger partial charge in [-0.3, -0.25) is 0 Å². The maximum atomic E-state index is 13.5. The van der Waals surface area contributed by atoms with E-state index in [9.17, 15) is 8.78 Å². The standard InChI is InChI=1S/C12H18F2O3Si/c1-4-17-18(15-2,16-3)8-7-10-5-6-11(13)9-12(10)14/h5-6,9H,4,7-8H2,1-3H3. The zero-order valence-corrected chi connectivity index (χ0v) is 11.8. The zero-order chi connectivity index (χ0) is 13.6. The van der Waals surface area contributed by atoms with Gasteiger partial charge in [-0.25, -0.2) is 8.78 Å². The molecule has 0 amide bonds. The van der Waals surface area contributed by atoms with Crippen LogP contribution in [-0.4, -0.2) is 29.6 Å². The van der Waals surface area contributed by atoms with Crippen LogP contribution in [0.4, 0.5) is 8.78 Å². The van der Waals surface area contributed by atoms with Crippen LogP contribution in [0.15, 0.2) is 18.2 Å². The minimum absolute atomic E-state index is 0.389. The molecule has 0 saturated heterocycles. The third-order valence-electron chi connectivity index (χ3n) is 2.70. The summed E-state index contributed by atoms with van der Waals surface area (Å²) in [5, 5.41) is 0. The Hall–Kier alpha value is -0.823. The van der Waals surface area contributed by atoms with Gasteiger partial charge in [0.05, 0.1) is 0 Å². The molecular weight excluding hydrogens is 258 g/mol. The van der Waals surface area contributed by atoms with Gasteiger partial charge in [-0.15, -0.1) is 0 Å². The van der Waals surface area contributed by atoms with Crippen molar-refractivity contribution in [3.05, 3.63) is 35.4 Å². The Kier molecular flexibility index (Phi) is 5.87. The van der Waals surface area contributed by atoms with E-state index in [4.69, 9.17) is 13.3 Å². The monoisotopic (exact) mass is 276 g/mol. The molecule has 1 aromatic rings. The van der Waals surface area contributed by atoms with Gasteiger partial charge >= 0.3 is 8.80 Å². The molecule has 0 atom stereocenters. The first-order chi connectivity index (χ1) is 8.56. The summed E-state index contributed by atoms with van der Waals surface area (Å²) in [5.74, 6) is -1.13. The number of benzene rings is 1. The summed E-state index contributed by atoms with van der Waals surface area (Å²) in [6, 6.07) is 4.00. The van der Waals surface area contributed by atoms with Crippen LogP contribution in [0.2, 0.25) is 6.04 Å². The van der Waals surface area contributed by atoms with Crippen molar-refractivity contribution < 1.29 is 22.1 Å². The Labute approximate surface area is 107 Å². The second-order valence-corrected chi connectivity index (χ2v) is 6.73. The van der Waals surface area contributed by atoms with Crippen LogP contribution in [0.25, 0.3) is 0 Å². The molecule has 0 aromatic heterocycles. The maximum Gasteiger partial charge on any atom is 0.500 e. The van der Waals surface area contributed by atoms with Crippen molar-refractivity contribution >= 4 is 8.80 Å². The number of aryl methyl sites for hydroxylation is 1. The summed E-state index contributed by atoms with van der Waals surface area (Å²) in [5.41, 5.74) is 0.432. The topological polar surface area (TPSA) is 27.7 Å². The van der Waals surface area contributed by atoms with Crippen molar-refractivity contribution in [2.75, 3.05) is 20.8 Å². The van der Waals surface area contributed by atoms with Crippen molar-refractivity contribution in [1.29, 1.82) is 0 Å². The SMILES string of the molecule is CCO[Si](CCc1ccc(F)cc1F)(OC)OC. The predicted molar refractivity (Wildman–Crippen MR) is 66.3 cm³/mol. The number of halogens is 2. The molecule has 0 N–H and O–H groups in total. The van der Waals surface area contributed by atoms with E-state index in [-0.39, 0.29) is 0 Å². The van der Waals surface area contributed by atoms with Crippen molar-refractivity contribution in [2.45, 2.75) is 19.4 Å². The highest BCUT2D eigenvalue weighted by Crippen LogP contribution is 2.19. The van der Waals surface area contributed by atoms with Gasteiger partial charge in [0, 0.05) is 32.9 Å². The lowest BCUT2D eigenvalue weighted by atomic mass is 10.1. The fraction of sp³-hybridized carbons (Fsp3) is 0.500. The van der Waals surface area contributed by atoms with Crippen molar-refractivity contribution in [3.63, 3.8) is 0 Å². The summed E-state index contributed by atoms with van der Waals surface area (Å²) in [7, 11) is 0.317. The molecule has 1 aromatic carbocycles. The minimum atomic E-state index is -2.72. The molecule has 0 unspecified atom stereocenters. The number of hydrogen-bond acceptors (Lipinski definition) is 3. The van der Waals surface area contributed by atoms with Gasteiger partial charge in [-0.05, 0) is 25.0 Å². The molecule has 3 nitrogen and oxygen atoms in total. The molecule has 0 aliphatic carbocycles. The van der Waals surface area contributed by atoms with E-state index in [0.717, 1.165) is 6.07 Å². The number of rotatable bonds is 7. The molecule has 0 spiro atoms.